The van der Waals surface area contributed by atoms with Crippen molar-refractivity contribution in [1.82, 2.24) is 4.31 Å². The van der Waals surface area contributed by atoms with Crippen molar-refractivity contribution in [2.75, 3.05) is 18.4 Å². The van der Waals surface area contributed by atoms with E-state index in [2.05, 4.69) is 26.1 Å². The normalized spacial score (nSPS) is 12.2. The molecule has 0 atom stereocenters. The quantitative estimate of drug-likeness (QED) is 0.609. The molecule has 0 fully saturated rings. The second-order valence-electron chi connectivity index (χ2n) is 8.26. The molecule has 0 aliphatic rings. The molecule has 0 aromatic heterocycles. The molecule has 7 heteroatoms. The maximum Gasteiger partial charge on any atom is 0.243 e. The van der Waals surface area contributed by atoms with Gasteiger partial charge < -0.3 is 10.4 Å². The van der Waals surface area contributed by atoms with E-state index in [9.17, 15) is 18.3 Å². The maximum atomic E-state index is 12.5. The summed E-state index contributed by atoms with van der Waals surface area (Å²) in [6.07, 6.45) is 0.693. The van der Waals surface area contributed by atoms with Crippen LogP contribution < -0.4 is 5.32 Å². The number of nitrogens with zero attached hydrogens (tertiary/aromatic N) is 1. The first-order valence-corrected chi connectivity index (χ1v) is 11.7. The van der Waals surface area contributed by atoms with Crippen molar-refractivity contribution in [3.63, 3.8) is 0 Å². The Bertz CT molecular complexity index is 973. The number of phenolic OH excluding ortho intramolecular Hbond substituents is 1. The molecule has 164 valence electrons. The number of carbonyl (C=O) groups is 1. The van der Waals surface area contributed by atoms with Crippen molar-refractivity contribution in [1.29, 1.82) is 0 Å². The second kappa shape index (κ2) is 9.62. The molecule has 0 radical (unpaired) electrons. The topological polar surface area (TPSA) is 86.7 Å². The maximum absolute atomic E-state index is 12.5. The molecule has 0 aliphatic heterocycles. The Hall–Kier alpha value is -2.38. The van der Waals surface area contributed by atoms with E-state index in [1.54, 1.807) is 36.4 Å². The zero-order valence-corrected chi connectivity index (χ0v) is 19.2. The van der Waals surface area contributed by atoms with Gasteiger partial charge in [0.15, 0.2) is 0 Å². The van der Waals surface area contributed by atoms with E-state index in [1.165, 1.54) is 4.31 Å². The number of aryl methyl sites for hydroxylation is 1. The predicted octanol–water partition coefficient (Wildman–Crippen LogP) is 4.29. The molecule has 0 unspecified atom stereocenters. The van der Waals surface area contributed by atoms with Gasteiger partial charge in [-0.3, -0.25) is 4.79 Å². The van der Waals surface area contributed by atoms with E-state index in [4.69, 9.17) is 0 Å². The zero-order chi connectivity index (χ0) is 22.5. The summed E-state index contributed by atoms with van der Waals surface area (Å²) in [5.41, 5.74) is 2.19. The highest BCUT2D eigenvalue weighted by atomic mass is 32.2. The van der Waals surface area contributed by atoms with Gasteiger partial charge in [0.2, 0.25) is 15.9 Å². The lowest BCUT2D eigenvalue weighted by Gasteiger charge is -2.20. The van der Waals surface area contributed by atoms with Crippen LogP contribution in [0.4, 0.5) is 5.69 Å². The number of anilines is 1. The lowest BCUT2D eigenvalue weighted by atomic mass is 9.87. The molecule has 0 saturated carbocycles. The van der Waals surface area contributed by atoms with E-state index in [0.29, 0.717) is 25.2 Å². The van der Waals surface area contributed by atoms with Crippen LogP contribution in [0.5, 0.6) is 5.75 Å². The average Bonchev–Trinajstić information content (AvgIpc) is 2.68. The highest BCUT2D eigenvalue weighted by Gasteiger charge is 2.21. The summed E-state index contributed by atoms with van der Waals surface area (Å²) in [5, 5.41) is 12.8. The first-order valence-electron chi connectivity index (χ1n) is 10.2. The van der Waals surface area contributed by atoms with Crippen molar-refractivity contribution in [3.8, 4) is 5.75 Å². The Morgan fingerprint density at radius 3 is 2.17 bits per heavy atom. The number of sulfonamides is 1. The van der Waals surface area contributed by atoms with Crippen molar-refractivity contribution in [2.24, 2.45) is 0 Å². The minimum absolute atomic E-state index is 0.0299. The fourth-order valence-corrected chi connectivity index (χ4v) is 4.57. The van der Waals surface area contributed by atoms with Crippen molar-refractivity contribution in [2.45, 2.75) is 57.8 Å². The van der Waals surface area contributed by atoms with Crippen LogP contribution in [0.1, 0.15) is 52.2 Å². The van der Waals surface area contributed by atoms with Crippen LogP contribution in [0.15, 0.2) is 47.4 Å². The molecule has 2 aromatic carbocycles. The number of phenols is 1. The molecule has 0 saturated heterocycles. The summed E-state index contributed by atoms with van der Waals surface area (Å²) in [5.74, 6) is -0.182. The van der Waals surface area contributed by atoms with Crippen molar-refractivity contribution in [3.05, 3.63) is 53.6 Å². The monoisotopic (exact) mass is 432 g/mol. The average molecular weight is 433 g/mol. The summed E-state index contributed by atoms with van der Waals surface area (Å²) in [4.78, 5) is 12.6. The smallest absolute Gasteiger partial charge is 0.243 e. The minimum atomic E-state index is -3.48. The molecule has 0 bridgehead atoms. The summed E-state index contributed by atoms with van der Waals surface area (Å²) in [6.45, 7) is 10.7. The van der Waals surface area contributed by atoms with Crippen LogP contribution in [0, 0.1) is 0 Å². The fourth-order valence-electron chi connectivity index (χ4n) is 3.11. The van der Waals surface area contributed by atoms with Gasteiger partial charge >= 0.3 is 0 Å². The van der Waals surface area contributed by atoms with E-state index >= 15 is 0 Å². The third-order valence-electron chi connectivity index (χ3n) is 5.04. The minimum Gasteiger partial charge on any atom is -0.506 e. The molecule has 2 aromatic rings. The number of hydrogen-bond donors (Lipinski definition) is 2. The number of aromatic hydroxyl groups is 1. The van der Waals surface area contributed by atoms with Crippen molar-refractivity contribution >= 4 is 21.6 Å². The molecule has 2 rings (SSSR count). The molecule has 0 spiro atoms. The van der Waals surface area contributed by atoms with Crippen LogP contribution >= 0.6 is 0 Å². The Kier molecular flexibility index (Phi) is 7.66. The van der Waals surface area contributed by atoms with Crippen LogP contribution in [0.2, 0.25) is 0 Å². The van der Waals surface area contributed by atoms with Gasteiger partial charge in [-0.05, 0) is 47.2 Å². The summed E-state index contributed by atoms with van der Waals surface area (Å²) < 4.78 is 26.5. The van der Waals surface area contributed by atoms with E-state index < -0.39 is 10.0 Å². The molecule has 6 nitrogen and oxygen atoms in total. The van der Waals surface area contributed by atoms with Gasteiger partial charge in [-0.1, -0.05) is 52.8 Å². The van der Waals surface area contributed by atoms with Gasteiger partial charge in [0, 0.05) is 19.5 Å². The molecule has 30 heavy (non-hydrogen) atoms. The Balaban J connectivity index is 2.02. The fraction of sp³-hybridized carbons (Fsp3) is 0.435. The Labute approximate surface area is 180 Å². The number of nitrogens with one attached hydrogen (secondary N) is 1. The van der Waals surface area contributed by atoms with Gasteiger partial charge in [-0.15, -0.1) is 0 Å². The van der Waals surface area contributed by atoms with E-state index in [-0.39, 0.29) is 28.4 Å². The highest BCUT2D eigenvalue weighted by molar-refractivity contribution is 7.89. The van der Waals surface area contributed by atoms with Gasteiger partial charge in [-0.2, -0.15) is 4.31 Å². The van der Waals surface area contributed by atoms with Crippen LogP contribution in [-0.4, -0.2) is 36.8 Å². The molecule has 0 aliphatic carbocycles. The lowest BCUT2D eigenvalue weighted by molar-refractivity contribution is -0.116. The molecular formula is C23H32N2O4S. The van der Waals surface area contributed by atoms with Gasteiger partial charge in [0.05, 0.1) is 10.6 Å². The largest absolute Gasteiger partial charge is 0.506 e. The van der Waals surface area contributed by atoms with Gasteiger partial charge in [-0.25, -0.2) is 8.42 Å². The predicted molar refractivity (Wildman–Crippen MR) is 120 cm³/mol. The molecule has 2 N–H and O–H groups in total. The third kappa shape index (κ3) is 5.83. The first-order chi connectivity index (χ1) is 14.0. The van der Waals surface area contributed by atoms with Crippen molar-refractivity contribution < 1.29 is 18.3 Å². The number of amides is 1. The van der Waals surface area contributed by atoms with Gasteiger partial charge in [0.25, 0.3) is 0 Å². The van der Waals surface area contributed by atoms with Gasteiger partial charge in [0.1, 0.15) is 5.75 Å². The summed E-state index contributed by atoms with van der Waals surface area (Å²) in [6, 6.07) is 11.9. The standard InChI is InChI=1S/C23H32N2O4S/c1-6-25(7-2)30(28,29)19-12-8-17(9-13-19)10-15-22(27)24-20-16-18(23(3,4)5)11-14-21(20)26/h8-9,11-14,16,26H,6-7,10,15H2,1-5H3,(H,24,27). The van der Waals surface area contributed by atoms with E-state index in [0.717, 1.165) is 11.1 Å². The first kappa shape index (κ1) is 23.9. The second-order valence-corrected chi connectivity index (χ2v) is 10.2. The van der Waals surface area contributed by atoms with E-state index in [1.807, 2.05) is 19.9 Å². The molecule has 1 amide bonds. The molecule has 0 heterocycles. The molecular weight excluding hydrogens is 400 g/mol. The lowest BCUT2D eigenvalue weighted by Crippen LogP contribution is -2.30. The zero-order valence-electron chi connectivity index (χ0n) is 18.4. The number of hydrogen-bond acceptors (Lipinski definition) is 4. The number of rotatable bonds is 8. The Morgan fingerprint density at radius 1 is 1.03 bits per heavy atom. The van der Waals surface area contributed by atoms with Crippen LogP contribution in [0.25, 0.3) is 0 Å². The SMILES string of the molecule is CCN(CC)S(=O)(=O)c1ccc(CCC(=O)Nc2cc(C(C)(C)C)ccc2O)cc1. The summed E-state index contributed by atoms with van der Waals surface area (Å²) >= 11 is 0. The third-order valence-corrected chi connectivity index (χ3v) is 7.11. The highest BCUT2D eigenvalue weighted by Crippen LogP contribution is 2.30. The van der Waals surface area contributed by atoms with Crippen LogP contribution in [0.3, 0.4) is 0 Å². The summed E-state index contributed by atoms with van der Waals surface area (Å²) in [7, 11) is -3.48. The Morgan fingerprint density at radius 2 is 1.63 bits per heavy atom. The number of carbonyl (C=O) groups excluding carboxylic acids is 1. The number of benzene rings is 2. The van der Waals surface area contributed by atoms with Crippen LogP contribution in [-0.2, 0) is 26.7 Å².